The number of hydrogen-bond donors (Lipinski definition) is 0. The molecule has 0 saturated heterocycles. The first-order chi connectivity index (χ1) is 11.6. The van der Waals surface area contributed by atoms with Gasteiger partial charge in [-0.15, -0.1) is 0 Å². The monoisotopic (exact) mass is 337 g/mol. The summed E-state index contributed by atoms with van der Waals surface area (Å²) >= 11 is 5.82. The van der Waals surface area contributed by atoms with Crippen molar-refractivity contribution in [1.29, 1.82) is 0 Å². The maximum atomic E-state index is 12.8. The number of benzene rings is 2. The van der Waals surface area contributed by atoms with Crippen LogP contribution in [0, 0.1) is 0 Å². The van der Waals surface area contributed by atoms with Gasteiger partial charge in [-0.2, -0.15) is 0 Å². The van der Waals surface area contributed by atoms with Crippen molar-refractivity contribution in [3.8, 4) is 0 Å². The molecule has 1 amide bonds. The Labute approximate surface area is 145 Å². The van der Waals surface area contributed by atoms with Crippen LogP contribution in [0.15, 0.2) is 54.7 Å². The highest BCUT2D eigenvalue weighted by Gasteiger charge is 2.29. The van der Waals surface area contributed by atoms with E-state index < -0.39 is 0 Å². The second-order valence-corrected chi connectivity index (χ2v) is 6.45. The molecule has 2 aromatic carbocycles. The van der Waals surface area contributed by atoms with Gasteiger partial charge in [0.2, 0.25) is 0 Å². The van der Waals surface area contributed by atoms with Crippen LogP contribution < -0.4 is 4.90 Å². The van der Waals surface area contributed by atoms with E-state index in [2.05, 4.69) is 9.88 Å². The van der Waals surface area contributed by atoms with Crippen LogP contribution in [0.4, 0.5) is 5.69 Å². The highest BCUT2D eigenvalue weighted by molar-refractivity contribution is 6.29. The van der Waals surface area contributed by atoms with Crippen LogP contribution in [0.2, 0.25) is 5.15 Å². The van der Waals surface area contributed by atoms with Crippen molar-refractivity contribution >= 4 is 34.0 Å². The molecule has 0 aliphatic carbocycles. The van der Waals surface area contributed by atoms with Gasteiger partial charge in [-0.1, -0.05) is 41.9 Å². The van der Waals surface area contributed by atoms with Crippen LogP contribution in [-0.4, -0.2) is 29.5 Å². The van der Waals surface area contributed by atoms with Gasteiger partial charge >= 0.3 is 0 Å². The summed E-state index contributed by atoms with van der Waals surface area (Å²) in [4.78, 5) is 20.8. The number of anilines is 1. The van der Waals surface area contributed by atoms with Crippen LogP contribution >= 0.6 is 11.6 Å². The summed E-state index contributed by atoms with van der Waals surface area (Å²) in [5.74, 6) is 0.0582. The zero-order chi connectivity index (χ0) is 16.7. The highest BCUT2D eigenvalue weighted by Crippen LogP contribution is 2.37. The second-order valence-electron chi connectivity index (χ2n) is 6.06. The van der Waals surface area contributed by atoms with E-state index in [9.17, 15) is 4.79 Å². The van der Waals surface area contributed by atoms with Crippen LogP contribution in [0.1, 0.15) is 15.9 Å². The summed E-state index contributed by atoms with van der Waals surface area (Å²) in [6, 6.07) is 15.7. The first-order valence-electron chi connectivity index (χ1n) is 7.76. The Bertz CT molecular complexity index is 918. The molecule has 0 N–H and O–H groups in total. The van der Waals surface area contributed by atoms with Crippen molar-refractivity contribution in [1.82, 2.24) is 9.88 Å². The van der Waals surface area contributed by atoms with Gasteiger partial charge in [0, 0.05) is 23.7 Å². The van der Waals surface area contributed by atoms with Gasteiger partial charge in [-0.25, -0.2) is 4.98 Å². The third-order valence-corrected chi connectivity index (χ3v) is 4.50. The van der Waals surface area contributed by atoms with Crippen molar-refractivity contribution < 1.29 is 4.79 Å². The fraction of sp³-hybridized carbons (Fsp3) is 0.158. The summed E-state index contributed by atoms with van der Waals surface area (Å²) in [6.07, 6.45) is 1.76. The maximum Gasteiger partial charge on any atom is 0.260 e. The van der Waals surface area contributed by atoms with Gasteiger partial charge < -0.3 is 0 Å². The lowest BCUT2D eigenvalue weighted by Crippen LogP contribution is -2.37. The molecule has 0 radical (unpaired) electrons. The molecule has 1 aromatic heterocycles. The van der Waals surface area contributed by atoms with Gasteiger partial charge in [0.05, 0.1) is 12.4 Å². The van der Waals surface area contributed by atoms with E-state index in [4.69, 9.17) is 11.6 Å². The molecular formula is C19H16ClN3O. The van der Waals surface area contributed by atoms with Gasteiger partial charge in [-0.05, 0) is 36.2 Å². The van der Waals surface area contributed by atoms with E-state index in [-0.39, 0.29) is 5.91 Å². The number of aromatic nitrogens is 1. The largest absolute Gasteiger partial charge is 0.294 e. The molecule has 1 aliphatic heterocycles. The summed E-state index contributed by atoms with van der Waals surface area (Å²) in [5, 5.41) is 2.63. The molecule has 120 valence electrons. The average molecular weight is 338 g/mol. The highest BCUT2D eigenvalue weighted by atomic mass is 35.5. The Balaban J connectivity index is 1.58. The molecule has 0 unspecified atom stereocenters. The minimum absolute atomic E-state index is 0.0582. The topological polar surface area (TPSA) is 36.4 Å². The molecule has 4 nitrogen and oxygen atoms in total. The van der Waals surface area contributed by atoms with E-state index in [1.165, 1.54) is 0 Å². The molecule has 5 heteroatoms. The summed E-state index contributed by atoms with van der Waals surface area (Å²) in [6.45, 7) is 1.22. The summed E-state index contributed by atoms with van der Waals surface area (Å²) in [7, 11) is 1.99. The van der Waals surface area contributed by atoms with E-state index in [1.807, 2.05) is 54.4 Å². The lowest BCUT2D eigenvalue weighted by Gasteiger charge is -2.25. The first kappa shape index (κ1) is 15.1. The number of halogens is 1. The number of nitrogens with zero attached hydrogens (tertiary/aromatic N) is 3. The lowest BCUT2D eigenvalue weighted by molar-refractivity contribution is 0.0977. The minimum Gasteiger partial charge on any atom is -0.294 e. The SMILES string of the molecule is CN(Cc1ccc(Cl)nc1)CN1C(=O)c2cccc3cccc1c23. The normalized spacial score (nSPS) is 13.3. The molecule has 0 atom stereocenters. The predicted molar refractivity (Wildman–Crippen MR) is 96.3 cm³/mol. The number of rotatable bonds is 4. The molecule has 0 fully saturated rings. The molecular weight excluding hydrogens is 322 g/mol. The molecule has 1 aliphatic rings. The predicted octanol–water partition coefficient (Wildman–Crippen LogP) is 3.94. The van der Waals surface area contributed by atoms with E-state index in [0.29, 0.717) is 18.4 Å². The molecule has 2 heterocycles. The molecule has 0 spiro atoms. The Morgan fingerprint density at radius 3 is 2.67 bits per heavy atom. The zero-order valence-corrected chi connectivity index (χ0v) is 14.0. The number of pyridine rings is 1. The molecule has 4 rings (SSSR count). The first-order valence-corrected chi connectivity index (χ1v) is 8.14. The summed E-state index contributed by atoms with van der Waals surface area (Å²) < 4.78 is 0. The Morgan fingerprint density at radius 2 is 1.92 bits per heavy atom. The molecule has 24 heavy (non-hydrogen) atoms. The van der Waals surface area contributed by atoms with Crippen LogP contribution in [0.25, 0.3) is 10.8 Å². The quantitative estimate of drug-likeness (QED) is 0.677. The van der Waals surface area contributed by atoms with Gasteiger partial charge in [-0.3, -0.25) is 14.6 Å². The number of carbonyl (C=O) groups is 1. The van der Waals surface area contributed by atoms with E-state index in [0.717, 1.165) is 27.6 Å². The van der Waals surface area contributed by atoms with Crippen molar-refractivity contribution in [2.75, 3.05) is 18.6 Å². The average Bonchev–Trinajstić information content (AvgIpc) is 2.85. The number of carbonyl (C=O) groups excluding carboxylic acids is 1. The zero-order valence-electron chi connectivity index (χ0n) is 13.2. The van der Waals surface area contributed by atoms with Gasteiger partial charge in [0.1, 0.15) is 5.15 Å². The maximum absolute atomic E-state index is 12.8. The Hall–Kier alpha value is -2.43. The number of hydrogen-bond acceptors (Lipinski definition) is 3. The van der Waals surface area contributed by atoms with Gasteiger partial charge in [0.15, 0.2) is 0 Å². The third kappa shape index (κ3) is 2.54. The van der Waals surface area contributed by atoms with Crippen LogP contribution in [-0.2, 0) is 6.54 Å². The standard InChI is InChI=1S/C19H16ClN3O/c1-22(11-13-8-9-17(20)21-10-13)12-23-16-7-3-5-14-4-2-6-15(18(14)16)19(23)24/h2-10H,11-12H2,1H3. The molecule has 3 aromatic rings. The van der Waals surface area contributed by atoms with Gasteiger partial charge in [0.25, 0.3) is 5.91 Å². The van der Waals surface area contributed by atoms with E-state index >= 15 is 0 Å². The summed E-state index contributed by atoms with van der Waals surface area (Å²) in [5.41, 5.74) is 2.82. The van der Waals surface area contributed by atoms with E-state index in [1.54, 1.807) is 12.3 Å². The van der Waals surface area contributed by atoms with Crippen molar-refractivity contribution in [3.63, 3.8) is 0 Å². The van der Waals surface area contributed by atoms with Crippen LogP contribution in [0.5, 0.6) is 0 Å². The lowest BCUT2D eigenvalue weighted by atomic mass is 10.1. The van der Waals surface area contributed by atoms with Crippen molar-refractivity contribution in [2.45, 2.75) is 6.54 Å². The Morgan fingerprint density at radius 1 is 1.12 bits per heavy atom. The Kier molecular flexibility index (Phi) is 3.71. The fourth-order valence-electron chi connectivity index (χ4n) is 3.22. The van der Waals surface area contributed by atoms with Crippen molar-refractivity contribution in [2.24, 2.45) is 0 Å². The minimum atomic E-state index is 0.0582. The number of amides is 1. The van der Waals surface area contributed by atoms with Crippen LogP contribution in [0.3, 0.4) is 0 Å². The molecule has 0 saturated carbocycles. The van der Waals surface area contributed by atoms with Crippen molar-refractivity contribution in [3.05, 3.63) is 71.0 Å². The molecule has 0 bridgehead atoms. The fourth-order valence-corrected chi connectivity index (χ4v) is 3.33. The third-order valence-electron chi connectivity index (χ3n) is 4.27. The smallest absolute Gasteiger partial charge is 0.260 e. The second kappa shape index (κ2) is 5.89.